The van der Waals surface area contributed by atoms with Gasteiger partial charge in [0.25, 0.3) is 0 Å². The van der Waals surface area contributed by atoms with Crippen molar-refractivity contribution in [2.45, 2.75) is 39.3 Å². The van der Waals surface area contributed by atoms with Crippen LogP contribution in [0.5, 0.6) is 0 Å². The van der Waals surface area contributed by atoms with Gasteiger partial charge in [-0.2, -0.15) is 0 Å². The van der Waals surface area contributed by atoms with Crippen molar-refractivity contribution in [3.05, 3.63) is 24.3 Å². The number of carbonyl (C=O) groups excluding carboxylic acids is 1. The molecule has 1 heterocycles. The van der Waals surface area contributed by atoms with Crippen molar-refractivity contribution < 1.29 is 4.79 Å². The van der Waals surface area contributed by atoms with Gasteiger partial charge in [-0.15, -0.1) is 0 Å². The lowest BCUT2D eigenvalue weighted by Crippen LogP contribution is -2.45. The molecule has 100 valence electrons. The predicted octanol–water partition coefficient (Wildman–Crippen LogP) is 1.38. The minimum absolute atomic E-state index is 0.0194. The van der Waals surface area contributed by atoms with Crippen LogP contribution in [0.15, 0.2) is 18.6 Å². The highest BCUT2D eigenvalue weighted by atomic mass is 16.2. The topological polar surface area (TPSA) is 58.1 Å². The van der Waals surface area contributed by atoms with Crippen molar-refractivity contribution in [3.63, 3.8) is 0 Å². The average Bonchev–Trinajstić information content (AvgIpc) is 2.26. The highest BCUT2D eigenvalue weighted by Crippen LogP contribution is 2.14. The van der Waals surface area contributed by atoms with Crippen LogP contribution in [0.4, 0.5) is 0 Å². The third kappa shape index (κ3) is 4.79. The summed E-state index contributed by atoms with van der Waals surface area (Å²) in [5.74, 6) is 0.0194. The largest absolute Gasteiger partial charge is 0.350 e. The van der Waals surface area contributed by atoms with Gasteiger partial charge in [-0.05, 0) is 40.8 Å². The van der Waals surface area contributed by atoms with Crippen molar-refractivity contribution in [1.29, 1.82) is 0 Å². The predicted molar refractivity (Wildman–Crippen MR) is 71.0 cm³/mol. The fourth-order valence-electron chi connectivity index (χ4n) is 1.60. The summed E-state index contributed by atoms with van der Waals surface area (Å²) in [6.07, 6.45) is 3.23. The first-order valence-electron chi connectivity index (χ1n) is 6.07. The van der Waals surface area contributed by atoms with Gasteiger partial charge in [0.1, 0.15) is 6.33 Å². The van der Waals surface area contributed by atoms with Gasteiger partial charge >= 0.3 is 0 Å². The summed E-state index contributed by atoms with van der Waals surface area (Å²) in [6, 6.07) is 1.95. The van der Waals surface area contributed by atoms with Gasteiger partial charge in [-0.1, -0.05) is 0 Å². The Kier molecular flexibility index (Phi) is 4.78. The highest BCUT2D eigenvalue weighted by Gasteiger charge is 2.19. The normalized spacial score (nSPS) is 13.4. The van der Waals surface area contributed by atoms with E-state index >= 15 is 0 Å². The fourth-order valence-corrected chi connectivity index (χ4v) is 1.60. The van der Waals surface area contributed by atoms with Crippen LogP contribution < -0.4 is 5.32 Å². The lowest BCUT2D eigenvalue weighted by molar-refractivity contribution is -0.123. The van der Waals surface area contributed by atoms with E-state index in [0.29, 0.717) is 6.54 Å². The van der Waals surface area contributed by atoms with Crippen LogP contribution >= 0.6 is 0 Å². The van der Waals surface area contributed by atoms with Crippen LogP contribution in [0.3, 0.4) is 0 Å². The first-order valence-corrected chi connectivity index (χ1v) is 6.07. The molecule has 0 fully saturated rings. The van der Waals surface area contributed by atoms with Gasteiger partial charge in [0.2, 0.25) is 5.91 Å². The van der Waals surface area contributed by atoms with Crippen LogP contribution in [-0.4, -0.2) is 39.9 Å². The Hall–Kier alpha value is -1.49. The summed E-state index contributed by atoms with van der Waals surface area (Å²) in [5, 5.41) is 2.94. The molecule has 1 N–H and O–H groups in total. The summed E-state index contributed by atoms with van der Waals surface area (Å²) in [7, 11) is 1.91. The minimum Gasteiger partial charge on any atom is -0.350 e. The van der Waals surface area contributed by atoms with Crippen LogP contribution in [-0.2, 0) is 4.79 Å². The molecule has 0 saturated heterocycles. The number of nitrogens with one attached hydrogen (secondary N) is 1. The summed E-state index contributed by atoms with van der Waals surface area (Å²) in [4.78, 5) is 21.9. The molecule has 0 spiro atoms. The Balaban J connectivity index is 2.55. The number of rotatable bonds is 4. The number of likely N-dealkylation sites (N-methyl/N-ethyl adjacent to an activating group) is 1. The van der Waals surface area contributed by atoms with Crippen LogP contribution in [0, 0.1) is 0 Å². The SMILES string of the molecule is C[C@@H](c1ccncn1)N(C)CC(=O)NC(C)(C)C. The molecule has 1 aromatic rings. The smallest absolute Gasteiger partial charge is 0.234 e. The molecular formula is C13H22N4O. The molecule has 1 aromatic heterocycles. The molecule has 18 heavy (non-hydrogen) atoms. The zero-order valence-corrected chi connectivity index (χ0v) is 11.8. The number of hydrogen-bond donors (Lipinski definition) is 1. The average molecular weight is 250 g/mol. The molecule has 0 aliphatic heterocycles. The van der Waals surface area contributed by atoms with Crippen LogP contribution in [0.25, 0.3) is 0 Å². The van der Waals surface area contributed by atoms with Crippen LogP contribution in [0.2, 0.25) is 0 Å². The summed E-state index contributed by atoms with van der Waals surface area (Å²) in [6.45, 7) is 8.28. The third-order valence-corrected chi connectivity index (χ3v) is 2.60. The van der Waals surface area contributed by atoms with Crippen molar-refractivity contribution in [1.82, 2.24) is 20.2 Å². The highest BCUT2D eigenvalue weighted by molar-refractivity contribution is 5.78. The van der Waals surface area contributed by atoms with E-state index in [0.717, 1.165) is 5.69 Å². The second kappa shape index (κ2) is 5.91. The maximum absolute atomic E-state index is 11.8. The van der Waals surface area contributed by atoms with Gasteiger partial charge in [-0.25, -0.2) is 9.97 Å². The van der Waals surface area contributed by atoms with Gasteiger partial charge in [0, 0.05) is 17.8 Å². The second-order valence-corrected chi connectivity index (χ2v) is 5.52. The summed E-state index contributed by atoms with van der Waals surface area (Å²) < 4.78 is 0. The van der Waals surface area contributed by atoms with Gasteiger partial charge in [0.05, 0.1) is 12.2 Å². The molecule has 1 amide bonds. The number of amides is 1. The number of carbonyl (C=O) groups is 1. The Morgan fingerprint density at radius 3 is 2.67 bits per heavy atom. The third-order valence-electron chi connectivity index (χ3n) is 2.60. The van der Waals surface area contributed by atoms with Crippen LogP contribution in [0.1, 0.15) is 39.4 Å². The van der Waals surface area contributed by atoms with Crippen molar-refractivity contribution >= 4 is 5.91 Å². The molecule has 0 radical (unpaired) electrons. The van der Waals surface area contributed by atoms with Crippen molar-refractivity contribution in [2.24, 2.45) is 0 Å². The van der Waals surface area contributed by atoms with E-state index in [4.69, 9.17) is 0 Å². The molecule has 5 heteroatoms. The first-order chi connectivity index (χ1) is 8.29. The standard InChI is InChI=1S/C13H22N4O/c1-10(11-6-7-14-9-15-11)17(5)8-12(18)16-13(2,3)4/h6-7,9-10H,8H2,1-5H3,(H,16,18)/t10-/m0/s1. The molecular weight excluding hydrogens is 228 g/mol. The molecule has 0 aliphatic carbocycles. The van der Waals surface area contributed by atoms with E-state index in [9.17, 15) is 4.79 Å². The maximum atomic E-state index is 11.8. The van der Waals surface area contributed by atoms with E-state index in [1.54, 1.807) is 6.20 Å². The summed E-state index contributed by atoms with van der Waals surface area (Å²) >= 11 is 0. The first kappa shape index (κ1) is 14.6. The van der Waals surface area contributed by atoms with Crippen molar-refractivity contribution in [3.8, 4) is 0 Å². The fraction of sp³-hybridized carbons (Fsp3) is 0.615. The lowest BCUT2D eigenvalue weighted by atomic mass is 10.1. The van der Waals surface area contributed by atoms with Gasteiger partial charge < -0.3 is 5.32 Å². The van der Waals surface area contributed by atoms with E-state index in [2.05, 4.69) is 15.3 Å². The molecule has 0 aromatic carbocycles. The number of aromatic nitrogens is 2. The Morgan fingerprint density at radius 2 is 2.17 bits per heavy atom. The molecule has 0 aliphatic rings. The maximum Gasteiger partial charge on any atom is 0.234 e. The van der Waals surface area contributed by atoms with Gasteiger partial charge in [-0.3, -0.25) is 9.69 Å². The van der Waals surface area contributed by atoms with Crippen molar-refractivity contribution in [2.75, 3.05) is 13.6 Å². The van der Waals surface area contributed by atoms with E-state index < -0.39 is 0 Å². The monoisotopic (exact) mass is 250 g/mol. The van der Waals surface area contributed by atoms with E-state index in [-0.39, 0.29) is 17.5 Å². The molecule has 1 rings (SSSR count). The second-order valence-electron chi connectivity index (χ2n) is 5.52. The zero-order valence-electron chi connectivity index (χ0n) is 11.8. The Labute approximate surface area is 109 Å². The molecule has 0 saturated carbocycles. The number of nitrogens with zero attached hydrogens (tertiary/aromatic N) is 3. The Bertz CT molecular complexity index is 386. The minimum atomic E-state index is -0.198. The quantitative estimate of drug-likeness (QED) is 0.877. The molecule has 0 bridgehead atoms. The van der Waals surface area contributed by atoms with E-state index in [1.165, 1.54) is 6.33 Å². The zero-order chi connectivity index (χ0) is 13.8. The van der Waals surface area contributed by atoms with Gasteiger partial charge in [0.15, 0.2) is 0 Å². The Morgan fingerprint density at radius 1 is 1.50 bits per heavy atom. The molecule has 5 nitrogen and oxygen atoms in total. The van der Waals surface area contributed by atoms with E-state index in [1.807, 2.05) is 45.7 Å². The molecule has 0 unspecified atom stereocenters. The lowest BCUT2D eigenvalue weighted by Gasteiger charge is -2.26. The number of hydrogen-bond acceptors (Lipinski definition) is 4. The molecule has 1 atom stereocenters. The summed E-state index contributed by atoms with van der Waals surface area (Å²) in [5.41, 5.74) is 0.715.